The van der Waals surface area contributed by atoms with Crippen molar-refractivity contribution in [2.45, 2.75) is 50.8 Å². The molecule has 0 aliphatic heterocycles. The molecule has 5 aromatic carbocycles. The van der Waals surface area contributed by atoms with Gasteiger partial charge in [0, 0.05) is 0 Å². The first-order valence-corrected chi connectivity index (χ1v) is 18.4. The second kappa shape index (κ2) is 22.8. The minimum atomic E-state index is -0.818. The molecular weight excluding hydrogens is 693 g/mol. The summed E-state index contributed by atoms with van der Waals surface area (Å²) >= 11 is 0. The molecule has 8 nitrogen and oxygen atoms in total. The highest BCUT2D eigenvalue weighted by molar-refractivity contribution is 5.93. The molecule has 0 saturated carbocycles. The summed E-state index contributed by atoms with van der Waals surface area (Å²) in [7, 11) is 1.57. The Morgan fingerprint density at radius 2 is 1.02 bits per heavy atom. The summed E-state index contributed by atoms with van der Waals surface area (Å²) in [6.45, 7) is 9.06. The van der Waals surface area contributed by atoms with Crippen molar-refractivity contribution in [2.24, 2.45) is 0 Å². The quantitative estimate of drug-likeness (QED) is 0.0352. The van der Waals surface area contributed by atoms with Gasteiger partial charge in [-0.25, -0.2) is 4.79 Å². The predicted octanol–water partition coefficient (Wildman–Crippen LogP) is 9.04. The van der Waals surface area contributed by atoms with E-state index in [1.165, 1.54) is 0 Å². The van der Waals surface area contributed by atoms with Crippen LogP contribution in [0.2, 0.25) is 0 Å². The third-order valence-electron chi connectivity index (χ3n) is 8.84. The van der Waals surface area contributed by atoms with Crippen LogP contribution in [0, 0.1) is 0 Å². The molecule has 0 amide bonds. The highest BCUT2D eigenvalue weighted by Gasteiger charge is 2.39. The van der Waals surface area contributed by atoms with E-state index in [2.05, 4.69) is 13.2 Å². The van der Waals surface area contributed by atoms with Gasteiger partial charge in [0.15, 0.2) is 0 Å². The van der Waals surface area contributed by atoms with Gasteiger partial charge in [0.1, 0.15) is 36.8 Å². The van der Waals surface area contributed by atoms with E-state index in [4.69, 9.17) is 33.2 Å². The van der Waals surface area contributed by atoms with Crippen LogP contribution in [0.1, 0.15) is 38.2 Å². The number of carbonyl (C=O) groups excluding carboxylic acids is 1. The molecule has 0 N–H and O–H groups in total. The lowest BCUT2D eigenvalue weighted by molar-refractivity contribution is -0.204. The molecule has 0 aliphatic rings. The third-order valence-corrected chi connectivity index (χ3v) is 8.84. The molecule has 5 rings (SSSR count). The highest BCUT2D eigenvalue weighted by Crippen LogP contribution is 2.25. The van der Waals surface area contributed by atoms with Crippen molar-refractivity contribution in [2.75, 3.05) is 26.9 Å². The smallest absolute Gasteiger partial charge is 0.338 e. The lowest BCUT2D eigenvalue weighted by Gasteiger charge is -2.37. The fourth-order valence-electron chi connectivity index (χ4n) is 5.92. The van der Waals surface area contributed by atoms with E-state index >= 15 is 0 Å². The van der Waals surface area contributed by atoms with E-state index in [0.29, 0.717) is 30.1 Å². The van der Waals surface area contributed by atoms with Gasteiger partial charge in [-0.15, -0.1) is 6.58 Å². The van der Waals surface area contributed by atoms with E-state index in [9.17, 15) is 4.79 Å². The van der Waals surface area contributed by atoms with Crippen LogP contribution >= 0.6 is 0 Å². The van der Waals surface area contributed by atoms with Gasteiger partial charge in [0.25, 0.3) is 0 Å². The number of esters is 1. The van der Waals surface area contributed by atoms with Crippen LogP contribution in [0.3, 0.4) is 0 Å². The molecule has 286 valence electrons. The van der Waals surface area contributed by atoms with Crippen molar-refractivity contribution >= 4 is 12.0 Å². The zero-order valence-electron chi connectivity index (χ0n) is 31.4. The van der Waals surface area contributed by atoms with Crippen LogP contribution < -0.4 is 4.74 Å². The Hall–Kier alpha value is -5.35. The minimum absolute atomic E-state index is 0.155. The largest absolute Gasteiger partial charge is 0.497 e. The van der Waals surface area contributed by atoms with Crippen molar-refractivity contribution in [1.82, 2.24) is 0 Å². The van der Waals surface area contributed by atoms with Crippen LogP contribution in [0.25, 0.3) is 6.08 Å². The summed E-state index contributed by atoms with van der Waals surface area (Å²) < 4.78 is 44.6. The molecule has 0 spiro atoms. The fraction of sp³-hybridized carbons (Fsp3) is 0.255. The van der Waals surface area contributed by atoms with Crippen LogP contribution in [0.5, 0.6) is 5.75 Å². The third kappa shape index (κ3) is 13.2. The average Bonchev–Trinajstić information content (AvgIpc) is 3.24. The molecular formula is C47H50O8. The summed E-state index contributed by atoms with van der Waals surface area (Å²) in [5, 5.41) is 0. The number of methoxy groups -OCH3 is 1. The SMILES string of the molecule is C=CCOC[C@@H](OCc1ccccc1)[C@@H](OCc1ccccc1)[C@H](OCc1ccccc1)[C@@H](COC(=O)c1ccc(OC)cc1C=C)OCc1ccccc1. The topological polar surface area (TPSA) is 81.7 Å². The summed E-state index contributed by atoms with van der Waals surface area (Å²) in [6, 6.07) is 44.6. The Morgan fingerprint density at radius 3 is 1.44 bits per heavy atom. The van der Waals surface area contributed by atoms with Crippen LogP contribution in [0.4, 0.5) is 0 Å². The van der Waals surface area contributed by atoms with Gasteiger partial charge in [-0.1, -0.05) is 140 Å². The number of benzene rings is 5. The Morgan fingerprint density at radius 1 is 0.582 bits per heavy atom. The molecule has 0 heterocycles. The number of hydrogen-bond acceptors (Lipinski definition) is 8. The normalized spacial score (nSPS) is 13.3. The number of rotatable bonds is 24. The molecule has 0 unspecified atom stereocenters. The Kier molecular flexibility index (Phi) is 16.9. The van der Waals surface area contributed by atoms with Crippen molar-refractivity contribution < 1.29 is 38.0 Å². The Balaban J connectivity index is 1.53. The standard InChI is InChI=1S/C47H50O8/c1-4-28-50-34-43(51-30-36-18-10-6-11-19-36)45(53-32-38-22-14-8-15-23-38)46(54-33-39-24-16-9-17-25-39)44(52-31-37-20-12-7-13-21-37)35-55-47(48)42-27-26-41(49-3)29-40(42)5-2/h4-27,29,43-46H,1-2,28,30-35H2,3H3/t43-,44-,45-,46-/m1/s1. The van der Waals surface area contributed by atoms with E-state index in [0.717, 1.165) is 22.3 Å². The van der Waals surface area contributed by atoms with Gasteiger partial charge in [-0.05, 0) is 46.0 Å². The molecule has 8 heteroatoms. The lowest BCUT2D eigenvalue weighted by atomic mass is 10.0. The molecule has 5 aromatic rings. The van der Waals surface area contributed by atoms with Crippen molar-refractivity contribution in [3.8, 4) is 5.75 Å². The molecule has 0 radical (unpaired) electrons. The van der Waals surface area contributed by atoms with E-state index in [1.54, 1.807) is 37.5 Å². The maximum atomic E-state index is 13.8. The maximum absolute atomic E-state index is 13.8. The predicted molar refractivity (Wildman–Crippen MR) is 214 cm³/mol. The van der Waals surface area contributed by atoms with Gasteiger partial charge in [0.05, 0.1) is 52.3 Å². The maximum Gasteiger partial charge on any atom is 0.338 e. The van der Waals surface area contributed by atoms with E-state index < -0.39 is 30.4 Å². The van der Waals surface area contributed by atoms with Crippen LogP contribution in [-0.4, -0.2) is 57.3 Å². The number of hydrogen-bond donors (Lipinski definition) is 0. The first-order chi connectivity index (χ1) is 27.1. The summed E-state index contributed by atoms with van der Waals surface area (Å²) in [5.41, 5.74) is 4.78. The van der Waals surface area contributed by atoms with Crippen LogP contribution in [0.15, 0.2) is 159 Å². The van der Waals surface area contributed by atoms with E-state index in [1.807, 2.05) is 121 Å². The molecule has 0 aliphatic carbocycles. The lowest BCUT2D eigenvalue weighted by Crippen LogP contribution is -2.52. The summed E-state index contributed by atoms with van der Waals surface area (Å²) in [4.78, 5) is 13.8. The second-order valence-electron chi connectivity index (χ2n) is 12.8. The molecule has 0 fully saturated rings. The average molecular weight is 743 g/mol. The summed E-state index contributed by atoms with van der Waals surface area (Å²) in [5.74, 6) is 0.0594. The van der Waals surface area contributed by atoms with Gasteiger partial charge in [-0.2, -0.15) is 0 Å². The fourth-order valence-corrected chi connectivity index (χ4v) is 5.92. The molecule has 55 heavy (non-hydrogen) atoms. The molecule has 4 atom stereocenters. The number of ether oxygens (including phenoxy) is 7. The van der Waals surface area contributed by atoms with Crippen molar-refractivity contribution in [3.05, 3.63) is 192 Å². The van der Waals surface area contributed by atoms with Crippen molar-refractivity contribution in [1.29, 1.82) is 0 Å². The van der Waals surface area contributed by atoms with E-state index in [-0.39, 0.29) is 33.0 Å². The Labute approximate surface area is 324 Å². The molecule has 0 saturated heterocycles. The van der Waals surface area contributed by atoms with Gasteiger partial charge in [0.2, 0.25) is 0 Å². The Bertz CT molecular complexity index is 1850. The van der Waals surface area contributed by atoms with Crippen molar-refractivity contribution in [3.63, 3.8) is 0 Å². The summed E-state index contributed by atoms with van der Waals surface area (Å²) in [6.07, 6.45) is 0.252. The zero-order chi connectivity index (χ0) is 38.5. The molecule has 0 bridgehead atoms. The van der Waals surface area contributed by atoms with Gasteiger partial charge in [-0.3, -0.25) is 0 Å². The van der Waals surface area contributed by atoms with Gasteiger partial charge >= 0.3 is 5.97 Å². The first-order valence-electron chi connectivity index (χ1n) is 18.4. The second-order valence-corrected chi connectivity index (χ2v) is 12.8. The number of carbonyl (C=O) groups is 1. The van der Waals surface area contributed by atoms with Crippen LogP contribution in [-0.2, 0) is 54.8 Å². The monoisotopic (exact) mass is 742 g/mol. The highest BCUT2D eigenvalue weighted by atomic mass is 16.6. The van der Waals surface area contributed by atoms with Gasteiger partial charge < -0.3 is 33.2 Å². The zero-order valence-corrected chi connectivity index (χ0v) is 31.4. The molecule has 0 aromatic heterocycles. The first kappa shape index (κ1) is 40.8. The minimum Gasteiger partial charge on any atom is -0.497 e.